The smallest absolute Gasteiger partial charge is 0.0388 e. The Labute approximate surface area is 103 Å². The Morgan fingerprint density at radius 2 is 2.25 bits per heavy atom. The van der Waals surface area contributed by atoms with E-state index < -0.39 is 0 Å². The fraction of sp³-hybridized carbons (Fsp3) is 0.714. The molecule has 0 bridgehead atoms. The van der Waals surface area contributed by atoms with E-state index in [0.29, 0.717) is 6.04 Å². The Kier molecular flexibility index (Phi) is 4.42. The van der Waals surface area contributed by atoms with Crippen molar-refractivity contribution in [2.45, 2.75) is 58.0 Å². The molecule has 1 fully saturated rings. The van der Waals surface area contributed by atoms with Gasteiger partial charge in [0.05, 0.1) is 0 Å². The highest BCUT2D eigenvalue weighted by Crippen LogP contribution is 2.29. The molecule has 3 unspecified atom stereocenters. The quantitative estimate of drug-likeness (QED) is 0.820. The normalized spacial score (nSPS) is 27.9. The molecule has 0 aliphatic heterocycles. The second-order valence-electron chi connectivity index (χ2n) is 4.96. The number of rotatable bonds is 4. The van der Waals surface area contributed by atoms with Gasteiger partial charge in [0, 0.05) is 17.0 Å². The molecular formula is C14H23NS. The minimum atomic E-state index is 0.525. The minimum absolute atomic E-state index is 0.525. The lowest BCUT2D eigenvalue weighted by Gasteiger charge is -2.33. The first-order chi connectivity index (χ1) is 7.81. The lowest BCUT2D eigenvalue weighted by Crippen LogP contribution is -2.39. The van der Waals surface area contributed by atoms with Gasteiger partial charge in [0.25, 0.3) is 0 Å². The van der Waals surface area contributed by atoms with E-state index in [1.807, 2.05) is 11.3 Å². The summed E-state index contributed by atoms with van der Waals surface area (Å²) >= 11 is 1.87. The van der Waals surface area contributed by atoms with Crippen molar-refractivity contribution in [3.63, 3.8) is 0 Å². The zero-order chi connectivity index (χ0) is 11.4. The summed E-state index contributed by atoms with van der Waals surface area (Å²) in [5, 5.41) is 6.00. The van der Waals surface area contributed by atoms with Gasteiger partial charge in [0.1, 0.15) is 0 Å². The third-order valence-corrected chi connectivity index (χ3v) is 4.92. The summed E-state index contributed by atoms with van der Waals surface area (Å²) in [7, 11) is 0. The molecule has 0 saturated heterocycles. The van der Waals surface area contributed by atoms with Crippen molar-refractivity contribution in [2.24, 2.45) is 5.92 Å². The van der Waals surface area contributed by atoms with Crippen LogP contribution in [0.4, 0.5) is 0 Å². The van der Waals surface area contributed by atoms with Crippen molar-refractivity contribution in [1.29, 1.82) is 0 Å². The molecule has 0 spiro atoms. The van der Waals surface area contributed by atoms with Gasteiger partial charge in [0.2, 0.25) is 0 Å². The van der Waals surface area contributed by atoms with E-state index in [1.165, 1.54) is 37.0 Å². The SMILES string of the molecule is CCC1CCCCC1NC(C)c1cccs1. The van der Waals surface area contributed by atoms with E-state index in [9.17, 15) is 0 Å². The van der Waals surface area contributed by atoms with Gasteiger partial charge >= 0.3 is 0 Å². The van der Waals surface area contributed by atoms with Crippen LogP contribution in [0.2, 0.25) is 0 Å². The molecule has 2 rings (SSSR count). The zero-order valence-corrected chi connectivity index (χ0v) is 11.2. The van der Waals surface area contributed by atoms with Crippen molar-refractivity contribution in [1.82, 2.24) is 5.32 Å². The van der Waals surface area contributed by atoms with Crippen LogP contribution in [0.5, 0.6) is 0 Å². The van der Waals surface area contributed by atoms with E-state index >= 15 is 0 Å². The average molecular weight is 237 g/mol. The van der Waals surface area contributed by atoms with Crippen molar-refractivity contribution >= 4 is 11.3 Å². The van der Waals surface area contributed by atoms with Crippen LogP contribution in [0.3, 0.4) is 0 Å². The monoisotopic (exact) mass is 237 g/mol. The van der Waals surface area contributed by atoms with E-state index in [4.69, 9.17) is 0 Å². The van der Waals surface area contributed by atoms with Crippen molar-refractivity contribution in [3.05, 3.63) is 22.4 Å². The predicted molar refractivity (Wildman–Crippen MR) is 71.9 cm³/mol. The van der Waals surface area contributed by atoms with E-state index in [-0.39, 0.29) is 0 Å². The fourth-order valence-electron chi connectivity index (χ4n) is 2.86. The van der Waals surface area contributed by atoms with Crippen molar-refractivity contribution in [3.8, 4) is 0 Å². The standard InChI is InChI=1S/C14H23NS/c1-3-12-7-4-5-8-13(12)15-11(2)14-9-6-10-16-14/h6,9-13,15H,3-5,7-8H2,1-2H3. The number of nitrogens with one attached hydrogen (secondary N) is 1. The van der Waals surface area contributed by atoms with Crippen LogP contribution in [0.25, 0.3) is 0 Å². The molecule has 1 aliphatic rings. The molecule has 90 valence electrons. The molecule has 1 saturated carbocycles. The fourth-order valence-corrected chi connectivity index (χ4v) is 3.60. The second-order valence-corrected chi connectivity index (χ2v) is 5.94. The molecule has 1 aromatic heterocycles. The highest BCUT2D eigenvalue weighted by atomic mass is 32.1. The van der Waals surface area contributed by atoms with E-state index in [1.54, 1.807) is 0 Å². The Bertz CT molecular complexity index is 294. The highest BCUT2D eigenvalue weighted by Gasteiger charge is 2.24. The Morgan fingerprint density at radius 3 is 2.94 bits per heavy atom. The van der Waals surface area contributed by atoms with Crippen LogP contribution in [0.15, 0.2) is 17.5 Å². The number of thiophene rings is 1. The largest absolute Gasteiger partial charge is 0.306 e. The molecule has 1 aromatic rings. The van der Waals surface area contributed by atoms with Crippen LogP contribution < -0.4 is 5.32 Å². The summed E-state index contributed by atoms with van der Waals surface area (Å²) in [6.45, 7) is 4.63. The molecule has 3 atom stereocenters. The summed E-state index contributed by atoms with van der Waals surface area (Å²) in [5.74, 6) is 0.899. The topological polar surface area (TPSA) is 12.0 Å². The molecule has 1 heterocycles. The number of hydrogen-bond donors (Lipinski definition) is 1. The average Bonchev–Trinajstić information content (AvgIpc) is 2.83. The second kappa shape index (κ2) is 5.83. The van der Waals surface area contributed by atoms with Gasteiger partial charge in [-0.2, -0.15) is 0 Å². The van der Waals surface area contributed by atoms with Crippen LogP contribution in [0.1, 0.15) is 56.9 Å². The Balaban J connectivity index is 1.92. The van der Waals surface area contributed by atoms with Crippen LogP contribution in [-0.4, -0.2) is 6.04 Å². The molecular weight excluding hydrogens is 214 g/mol. The number of hydrogen-bond acceptors (Lipinski definition) is 2. The Morgan fingerprint density at radius 1 is 1.44 bits per heavy atom. The first kappa shape index (κ1) is 12.1. The zero-order valence-electron chi connectivity index (χ0n) is 10.4. The maximum Gasteiger partial charge on any atom is 0.0388 e. The summed E-state index contributed by atoms with van der Waals surface area (Å²) in [6.07, 6.45) is 6.96. The molecule has 1 N–H and O–H groups in total. The molecule has 16 heavy (non-hydrogen) atoms. The summed E-state index contributed by atoms with van der Waals surface area (Å²) in [6, 6.07) is 5.66. The van der Waals surface area contributed by atoms with Gasteiger partial charge in [-0.25, -0.2) is 0 Å². The predicted octanol–water partition coefficient (Wildman–Crippen LogP) is 4.37. The maximum atomic E-state index is 3.83. The van der Waals surface area contributed by atoms with Gasteiger partial charge in [-0.05, 0) is 37.1 Å². The van der Waals surface area contributed by atoms with E-state index in [2.05, 4.69) is 36.7 Å². The molecule has 0 amide bonds. The van der Waals surface area contributed by atoms with Crippen LogP contribution in [-0.2, 0) is 0 Å². The van der Waals surface area contributed by atoms with Gasteiger partial charge < -0.3 is 5.32 Å². The molecule has 1 aliphatic carbocycles. The van der Waals surface area contributed by atoms with Crippen molar-refractivity contribution in [2.75, 3.05) is 0 Å². The molecule has 1 nitrogen and oxygen atoms in total. The van der Waals surface area contributed by atoms with E-state index in [0.717, 1.165) is 12.0 Å². The first-order valence-electron chi connectivity index (χ1n) is 6.60. The highest BCUT2D eigenvalue weighted by molar-refractivity contribution is 7.10. The first-order valence-corrected chi connectivity index (χ1v) is 7.48. The summed E-state index contributed by atoms with van der Waals surface area (Å²) in [5.41, 5.74) is 0. The summed E-state index contributed by atoms with van der Waals surface area (Å²) < 4.78 is 0. The lowest BCUT2D eigenvalue weighted by atomic mass is 9.82. The molecule has 0 aromatic carbocycles. The third kappa shape index (κ3) is 2.86. The van der Waals surface area contributed by atoms with Gasteiger partial charge in [0.15, 0.2) is 0 Å². The third-order valence-electron chi connectivity index (χ3n) is 3.87. The van der Waals surface area contributed by atoms with Gasteiger partial charge in [-0.3, -0.25) is 0 Å². The minimum Gasteiger partial charge on any atom is -0.306 e. The van der Waals surface area contributed by atoms with Crippen molar-refractivity contribution < 1.29 is 0 Å². The molecule has 0 radical (unpaired) electrons. The lowest BCUT2D eigenvalue weighted by molar-refractivity contribution is 0.241. The molecule has 2 heteroatoms. The summed E-state index contributed by atoms with van der Waals surface area (Å²) in [4.78, 5) is 1.47. The van der Waals surface area contributed by atoms with Crippen LogP contribution >= 0.6 is 11.3 Å². The van der Waals surface area contributed by atoms with Crippen LogP contribution in [0, 0.1) is 5.92 Å². The maximum absolute atomic E-state index is 3.83. The van der Waals surface area contributed by atoms with Gasteiger partial charge in [-0.1, -0.05) is 32.3 Å². The Hall–Kier alpha value is -0.340. The van der Waals surface area contributed by atoms with Gasteiger partial charge in [-0.15, -0.1) is 11.3 Å².